The molecule has 2 atom stereocenters. The van der Waals surface area contributed by atoms with E-state index in [0.29, 0.717) is 0 Å². The molecule has 0 saturated carbocycles. The molecule has 8 aromatic carbocycles. The zero-order valence-electron chi connectivity index (χ0n) is 50.0. The smallest absolute Gasteiger partial charge is 0.131 e. The third kappa shape index (κ3) is 13.8. The van der Waals surface area contributed by atoms with Crippen molar-refractivity contribution in [1.82, 2.24) is 20.6 Å². The molecular weight excluding hydrogens is 1180 g/mol. The van der Waals surface area contributed by atoms with Gasteiger partial charge in [-0.25, -0.2) is 4.99 Å². The van der Waals surface area contributed by atoms with E-state index in [-0.39, 0.29) is 54.1 Å². The standard InChI is InChI=1S/C41H38N.C35H39N4.Ir/c1-40(2,3)36-18-14-28(15-19-36)33-25-34(29-16-20-37(21-17-29)41(4,5)6)27-35(26-33)31-11-9-12-32(24-31)39-38-13-8-7-10-30(38)22-23-42-39;1-23-9-8-10-26(21-23)30-20-15-27(22-36-30)33-38-31(24-11-16-28(17-12-24)34(2,3)4)37-32(39-33)25-13-18-29(19-14-25)35(5,6)7;/h7-11,13-27H,1-6H3;8-9,11-22,31,33,38H,1-7H3,(H,37,39);/q2*-1;. The molecule has 0 fully saturated rings. The van der Waals surface area contributed by atoms with Crippen molar-refractivity contribution in [2.75, 3.05) is 0 Å². The average Bonchev–Trinajstić information content (AvgIpc) is 3.61. The number of nitrogens with zero attached hydrogens (tertiary/aromatic N) is 3. The van der Waals surface area contributed by atoms with Gasteiger partial charge in [-0.05, 0) is 124 Å². The van der Waals surface area contributed by atoms with Crippen LogP contribution < -0.4 is 10.6 Å². The van der Waals surface area contributed by atoms with E-state index in [1.807, 2.05) is 24.5 Å². The molecule has 0 amide bonds. The number of pyridine rings is 2. The molecule has 3 heterocycles. The summed E-state index contributed by atoms with van der Waals surface area (Å²) in [5, 5.41) is 9.66. The second kappa shape index (κ2) is 24.1. The number of hydrogen-bond acceptors (Lipinski definition) is 5. The number of amidine groups is 1. The fourth-order valence-electron chi connectivity index (χ4n) is 10.4. The second-order valence-electron chi connectivity index (χ2n) is 25.9. The molecule has 417 valence electrons. The van der Waals surface area contributed by atoms with E-state index in [4.69, 9.17) is 15.0 Å². The number of fused-ring (bicyclic) bond motifs is 1. The first kappa shape index (κ1) is 59.0. The van der Waals surface area contributed by atoms with E-state index in [0.717, 1.165) is 56.0 Å². The van der Waals surface area contributed by atoms with Crippen LogP contribution in [0.3, 0.4) is 0 Å². The summed E-state index contributed by atoms with van der Waals surface area (Å²) in [5.41, 5.74) is 21.3. The Balaban J connectivity index is 0.000000196. The monoisotopic (exact) mass is 1250 g/mol. The minimum Gasteiger partial charge on any atom is -0.350 e. The van der Waals surface area contributed by atoms with Crippen molar-refractivity contribution in [3.8, 4) is 55.9 Å². The predicted octanol–water partition coefficient (Wildman–Crippen LogP) is 19.1. The Labute approximate surface area is 502 Å². The third-order valence-corrected chi connectivity index (χ3v) is 15.5. The fourth-order valence-corrected chi connectivity index (χ4v) is 10.4. The Morgan fingerprint density at radius 1 is 0.427 bits per heavy atom. The SMILES string of the molecule is CC(C)(C)c1ccc(-c2cc(-c3ccc(C(C)(C)C)cc3)cc(-c3cc[c-]c(-c4nccc5ccccc45)c3)c2)cc1.Cc1cc[c-]c(-c2ccc(C3NC(c4ccc(C(C)(C)C)cc4)=NC(c4ccc(C(C)(C)C)cc4)N3)cn2)c1.[Ir]. The van der Waals surface area contributed by atoms with Gasteiger partial charge in [-0.15, -0.1) is 70.8 Å². The average molecular weight is 1250 g/mol. The Morgan fingerprint density at radius 2 is 0.915 bits per heavy atom. The molecule has 2 aromatic heterocycles. The van der Waals surface area contributed by atoms with Crippen LogP contribution in [0.2, 0.25) is 0 Å². The number of nitrogens with one attached hydrogen (secondary N) is 2. The maximum atomic E-state index is 5.13. The van der Waals surface area contributed by atoms with Crippen LogP contribution in [0.1, 0.15) is 140 Å². The molecule has 11 rings (SSSR count). The van der Waals surface area contributed by atoms with Crippen LogP contribution in [-0.4, -0.2) is 15.8 Å². The van der Waals surface area contributed by atoms with Crippen LogP contribution in [-0.2, 0) is 41.8 Å². The second-order valence-corrected chi connectivity index (χ2v) is 25.9. The molecule has 82 heavy (non-hydrogen) atoms. The van der Waals surface area contributed by atoms with Crippen molar-refractivity contribution in [1.29, 1.82) is 0 Å². The van der Waals surface area contributed by atoms with E-state index in [2.05, 4.69) is 295 Å². The topological polar surface area (TPSA) is 62.2 Å². The summed E-state index contributed by atoms with van der Waals surface area (Å²) < 4.78 is 0. The number of aryl methyl sites for hydroxylation is 1. The fraction of sp³-hybridized carbons (Fsp3) is 0.250. The van der Waals surface area contributed by atoms with Gasteiger partial charge < -0.3 is 15.3 Å². The maximum Gasteiger partial charge on any atom is 0.131 e. The zero-order chi connectivity index (χ0) is 57.3. The van der Waals surface area contributed by atoms with Crippen molar-refractivity contribution < 1.29 is 20.1 Å². The van der Waals surface area contributed by atoms with Crippen molar-refractivity contribution >= 4 is 16.6 Å². The molecule has 0 spiro atoms. The summed E-state index contributed by atoms with van der Waals surface area (Å²) >= 11 is 0. The van der Waals surface area contributed by atoms with Crippen LogP contribution in [0.4, 0.5) is 0 Å². The van der Waals surface area contributed by atoms with Gasteiger partial charge in [0.1, 0.15) is 18.2 Å². The number of aromatic nitrogens is 2. The summed E-state index contributed by atoms with van der Waals surface area (Å²) in [5.74, 6) is 0.875. The van der Waals surface area contributed by atoms with Crippen LogP contribution in [0, 0.1) is 19.1 Å². The first-order valence-electron chi connectivity index (χ1n) is 28.5. The van der Waals surface area contributed by atoms with Crippen molar-refractivity contribution in [3.05, 3.63) is 263 Å². The summed E-state index contributed by atoms with van der Waals surface area (Å²) in [6, 6.07) is 76.6. The van der Waals surface area contributed by atoms with Crippen molar-refractivity contribution in [2.45, 2.75) is 124 Å². The van der Waals surface area contributed by atoms with Crippen molar-refractivity contribution in [3.63, 3.8) is 0 Å². The molecule has 1 aliphatic rings. The molecule has 1 aliphatic heterocycles. The van der Waals surface area contributed by atoms with Gasteiger partial charge >= 0.3 is 0 Å². The summed E-state index contributed by atoms with van der Waals surface area (Å²) in [6.45, 7) is 29.1. The number of rotatable bonds is 8. The summed E-state index contributed by atoms with van der Waals surface area (Å²) in [6.07, 6.45) is 3.50. The van der Waals surface area contributed by atoms with E-state index in [1.54, 1.807) is 0 Å². The zero-order valence-corrected chi connectivity index (χ0v) is 52.4. The van der Waals surface area contributed by atoms with Gasteiger partial charge in [-0.2, -0.15) is 0 Å². The normalized spacial score (nSPS) is 14.7. The molecule has 6 heteroatoms. The Kier molecular flexibility index (Phi) is 17.3. The molecular formula is C76H77IrN5-2. The molecule has 5 nitrogen and oxygen atoms in total. The number of aliphatic imine (C=N–C) groups is 1. The van der Waals surface area contributed by atoms with Gasteiger partial charge in [-0.1, -0.05) is 223 Å². The first-order chi connectivity index (χ1) is 38.5. The van der Waals surface area contributed by atoms with Crippen LogP contribution in [0.15, 0.2) is 212 Å². The van der Waals surface area contributed by atoms with Gasteiger partial charge in [0.05, 0.1) is 0 Å². The maximum absolute atomic E-state index is 5.13. The van der Waals surface area contributed by atoms with E-state index in [1.165, 1.54) is 61.0 Å². The minimum absolute atomic E-state index is 0. The van der Waals surface area contributed by atoms with Crippen molar-refractivity contribution in [2.24, 2.45) is 4.99 Å². The molecule has 0 saturated heterocycles. The Bertz CT molecular complexity index is 3750. The quantitative estimate of drug-likeness (QED) is 0.149. The van der Waals surface area contributed by atoms with Gasteiger partial charge in [0.2, 0.25) is 0 Å². The van der Waals surface area contributed by atoms with Gasteiger partial charge in [0.15, 0.2) is 0 Å². The minimum atomic E-state index is -0.188. The van der Waals surface area contributed by atoms with E-state index < -0.39 is 0 Å². The largest absolute Gasteiger partial charge is 0.350 e. The summed E-state index contributed by atoms with van der Waals surface area (Å²) in [7, 11) is 0. The molecule has 0 aliphatic carbocycles. The van der Waals surface area contributed by atoms with Gasteiger partial charge in [0, 0.05) is 43.6 Å². The molecule has 1 radical (unpaired) electrons. The molecule has 10 aromatic rings. The Hall–Kier alpha value is -7.60. The summed E-state index contributed by atoms with van der Waals surface area (Å²) in [4.78, 5) is 14.7. The first-order valence-corrected chi connectivity index (χ1v) is 28.5. The van der Waals surface area contributed by atoms with Crippen LogP contribution >= 0.6 is 0 Å². The molecule has 2 unspecified atom stereocenters. The predicted molar refractivity (Wildman–Crippen MR) is 342 cm³/mol. The Morgan fingerprint density at radius 3 is 1.44 bits per heavy atom. The van der Waals surface area contributed by atoms with Gasteiger partial charge in [0.25, 0.3) is 0 Å². The van der Waals surface area contributed by atoms with E-state index >= 15 is 0 Å². The van der Waals surface area contributed by atoms with Gasteiger partial charge in [-0.3, -0.25) is 5.32 Å². The third-order valence-electron chi connectivity index (χ3n) is 15.5. The molecule has 0 bridgehead atoms. The van der Waals surface area contributed by atoms with E-state index in [9.17, 15) is 0 Å². The molecule has 2 N–H and O–H groups in total. The van der Waals surface area contributed by atoms with Crippen LogP contribution in [0.5, 0.6) is 0 Å². The number of hydrogen-bond donors (Lipinski definition) is 2. The van der Waals surface area contributed by atoms with Crippen LogP contribution in [0.25, 0.3) is 66.7 Å². The number of benzene rings is 8.